The summed E-state index contributed by atoms with van der Waals surface area (Å²) in [6, 6.07) is 0. The van der Waals surface area contributed by atoms with E-state index in [1.54, 1.807) is 0 Å². The summed E-state index contributed by atoms with van der Waals surface area (Å²) in [6.07, 6.45) is 5.32. The van der Waals surface area contributed by atoms with Crippen LogP contribution in [0.4, 0.5) is 0 Å². The van der Waals surface area contributed by atoms with E-state index < -0.39 is 5.60 Å². The van der Waals surface area contributed by atoms with E-state index in [1.807, 2.05) is 6.92 Å². The molecule has 0 spiro atoms. The van der Waals surface area contributed by atoms with E-state index in [9.17, 15) is 4.79 Å². The Kier molecular flexibility index (Phi) is 1.13. The number of allylic oxidation sites excluding steroid dienone is 2. The molecular formula is C11H14O2. The van der Waals surface area contributed by atoms with Crippen molar-refractivity contribution in [2.75, 3.05) is 6.61 Å². The molecule has 2 fully saturated rings. The van der Waals surface area contributed by atoms with Gasteiger partial charge in [0.05, 0.1) is 12.0 Å². The topological polar surface area (TPSA) is 26.3 Å². The maximum atomic E-state index is 11.9. The van der Waals surface area contributed by atoms with E-state index in [2.05, 4.69) is 19.1 Å². The van der Waals surface area contributed by atoms with E-state index in [1.165, 1.54) is 0 Å². The first-order chi connectivity index (χ1) is 6.09. The first-order valence-electron chi connectivity index (χ1n) is 4.95. The van der Waals surface area contributed by atoms with Crippen LogP contribution in [0.3, 0.4) is 0 Å². The van der Waals surface area contributed by atoms with Crippen molar-refractivity contribution in [1.29, 1.82) is 0 Å². The van der Waals surface area contributed by atoms with Crippen LogP contribution in [0.15, 0.2) is 12.2 Å². The van der Waals surface area contributed by atoms with Crippen LogP contribution in [0.1, 0.15) is 20.3 Å². The Balaban J connectivity index is 2.13. The van der Waals surface area contributed by atoms with Crippen LogP contribution in [0.5, 0.6) is 0 Å². The van der Waals surface area contributed by atoms with Crippen molar-refractivity contribution < 1.29 is 9.53 Å². The molecule has 1 heterocycles. The Morgan fingerprint density at radius 1 is 1.54 bits per heavy atom. The third-order valence-corrected chi connectivity index (χ3v) is 4.15. The average Bonchev–Trinajstić information content (AvgIpc) is 2.45. The fraction of sp³-hybridized carbons (Fsp3) is 0.727. The molecule has 2 aliphatic carbocycles. The number of hydrogen-bond acceptors (Lipinski definition) is 2. The van der Waals surface area contributed by atoms with Gasteiger partial charge in [-0.15, -0.1) is 0 Å². The van der Waals surface area contributed by atoms with Gasteiger partial charge in [0, 0.05) is 5.92 Å². The summed E-state index contributed by atoms with van der Waals surface area (Å²) < 4.78 is 5.64. The fourth-order valence-electron chi connectivity index (χ4n) is 3.65. The molecule has 2 heteroatoms. The highest BCUT2D eigenvalue weighted by Crippen LogP contribution is 2.62. The lowest BCUT2D eigenvalue weighted by molar-refractivity contribution is -0.177. The largest absolute Gasteiger partial charge is 0.367 e. The van der Waals surface area contributed by atoms with Gasteiger partial charge in [0.25, 0.3) is 0 Å². The monoisotopic (exact) mass is 178 g/mol. The Hall–Kier alpha value is -0.630. The Morgan fingerprint density at radius 3 is 3.08 bits per heavy atom. The van der Waals surface area contributed by atoms with Crippen molar-refractivity contribution in [3.05, 3.63) is 12.2 Å². The minimum atomic E-state index is -0.440. The van der Waals surface area contributed by atoms with Crippen LogP contribution in [0.2, 0.25) is 0 Å². The molecule has 0 N–H and O–H groups in total. The molecule has 3 aliphatic rings. The van der Waals surface area contributed by atoms with Gasteiger partial charge in [-0.1, -0.05) is 12.2 Å². The highest BCUT2D eigenvalue weighted by molar-refractivity contribution is 6.01. The Morgan fingerprint density at radius 2 is 2.31 bits per heavy atom. The molecule has 70 valence electrons. The smallest absolute Gasteiger partial charge is 0.174 e. The van der Waals surface area contributed by atoms with Gasteiger partial charge in [0.2, 0.25) is 0 Å². The Bertz CT molecular complexity index is 320. The number of rotatable bonds is 0. The number of Topliss-reactive ketones (excluding diaryl/α,β-unsaturated/α-hetero) is 1. The van der Waals surface area contributed by atoms with E-state index >= 15 is 0 Å². The zero-order valence-corrected chi connectivity index (χ0v) is 8.04. The van der Waals surface area contributed by atoms with Gasteiger partial charge in [0.15, 0.2) is 5.78 Å². The fourth-order valence-corrected chi connectivity index (χ4v) is 3.65. The quantitative estimate of drug-likeness (QED) is 0.526. The van der Waals surface area contributed by atoms with Crippen LogP contribution < -0.4 is 0 Å². The summed E-state index contributed by atoms with van der Waals surface area (Å²) in [7, 11) is 0. The van der Waals surface area contributed by atoms with Crippen molar-refractivity contribution >= 4 is 5.78 Å². The van der Waals surface area contributed by atoms with E-state index in [-0.39, 0.29) is 11.2 Å². The highest BCUT2D eigenvalue weighted by atomic mass is 16.5. The molecule has 4 atom stereocenters. The van der Waals surface area contributed by atoms with Crippen LogP contribution in [0, 0.1) is 17.3 Å². The van der Waals surface area contributed by atoms with Gasteiger partial charge >= 0.3 is 0 Å². The van der Waals surface area contributed by atoms with E-state index in [0.29, 0.717) is 11.8 Å². The Labute approximate surface area is 78.0 Å². The minimum absolute atomic E-state index is 0.200. The molecule has 0 bridgehead atoms. The lowest BCUT2D eigenvalue weighted by Gasteiger charge is -2.55. The zero-order valence-electron chi connectivity index (χ0n) is 8.04. The predicted molar refractivity (Wildman–Crippen MR) is 48.2 cm³/mol. The van der Waals surface area contributed by atoms with Crippen molar-refractivity contribution in [3.8, 4) is 0 Å². The summed E-state index contributed by atoms with van der Waals surface area (Å²) in [6.45, 7) is 4.78. The first kappa shape index (κ1) is 7.74. The lowest BCUT2D eigenvalue weighted by Crippen LogP contribution is -2.67. The van der Waals surface area contributed by atoms with Crippen molar-refractivity contribution in [2.45, 2.75) is 25.9 Å². The third-order valence-electron chi connectivity index (χ3n) is 4.15. The van der Waals surface area contributed by atoms with Gasteiger partial charge < -0.3 is 4.74 Å². The van der Waals surface area contributed by atoms with Gasteiger partial charge in [-0.3, -0.25) is 4.79 Å². The van der Waals surface area contributed by atoms with Crippen LogP contribution >= 0.6 is 0 Å². The average molecular weight is 178 g/mol. The molecule has 0 aromatic carbocycles. The number of carbonyl (C=O) groups excluding carboxylic acids is 1. The number of ketones is 1. The number of ether oxygens (including phenoxy) is 1. The molecule has 2 nitrogen and oxygen atoms in total. The normalized spacial score (nSPS) is 57.5. The predicted octanol–water partition coefficient (Wildman–Crippen LogP) is 1.56. The zero-order chi connectivity index (χ0) is 9.27. The summed E-state index contributed by atoms with van der Waals surface area (Å²) in [5.74, 6) is 1.30. The SMILES string of the molecule is CC12C=CCC3COC(C)(C1=O)C32. The third kappa shape index (κ3) is 0.613. The molecule has 0 aromatic rings. The summed E-state index contributed by atoms with van der Waals surface area (Å²) in [5.41, 5.74) is -0.641. The summed E-state index contributed by atoms with van der Waals surface area (Å²) >= 11 is 0. The first-order valence-corrected chi connectivity index (χ1v) is 4.95. The maximum absolute atomic E-state index is 11.9. The van der Waals surface area contributed by atoms with Crippen molar-refractivity contribution in [1.82, 2.24) is 0 Å². The summed E-state index contributed by atoms with van der Waals surface area (Å²) in [4.78, 5) is 11.9. The van der Waals surface area contributed by atoms with Crippen LogP contribution in [-0.2, 0) is 9.53 Å². The van der Waals surface area contributed by atoms with Gasteiger partial charge in [0.1, 0.15) is 5.60 Å². The van der Waals surface area contributed by atoms with E-state index in [0.717, 1.165) is 13.0 Å². The molecule has 0 aromatic heterocycles. The molecule has 13 heavy (non-hydrogen) atoms. The molecule has 0 radical (unpaired) electrons. The van der Waals surface area contributed by atoms with Crippen LogP contribution in [0.25, 0.3) is 0 Å². The van der Waals surface area contributed by atoms with Gasteiger partial charge in [-0.25, -0.2) is 0 Å². The highest BCUT2D eigenvalue weighted by Gasteiger charge is 2.72. The van der Waals surface area contributed by atoms with Gasteiger partial charge in [-0.05, 0) is 26.2 Å². The minimum Gasteiger partial charge on any atom is -0.367 e. The number of hydrogen-bond donors (Lipinski definition) is 0. The van der Waals surface area contributed by atoms with Crippen LogP contribution in [-0.4, -0.2) is 18.0 Å². The maximum Gasteiger partial charge on any atom is 0.174 e. The second kappa shape index (κ2) is 1.90. The lowest BCUT2D eigenvalue weighted by atomic mass is 9.47. The molecule has 0 amide bonds. The molecular weight excluding hydrogens is 164 g/mol. The molecule has 1 saturated heterocycles. The molecule has 1 aliphatic heterocycles. The standard InChI is InChI=1S/C11H14O2/c1-10-5-3-4-7-6-13-11(2,8(7)10)9(10)12/h3,5,7-8H,4,6H2,1-2H3. The summed E-state index contributed by atoms with van der Waals surface area (Å²) in [5, 5.41) is 0. The van der Waals surface area contributed by atoms with E-state index in [4.69, 9.17) is 4.74 Å². The number of carbonyl (C=O) groups is 1. The van der Waals surface area contributed by atoms with Crippen molar-refractivity contribution in [3.63, 3.8) is 0 Å². The second-order valence-electron chi connectivity index (χ2n) is 4.91. The second-order valence-corrected chi connectivity index (χ2v) is 4.91. The molecule has 1 saturated carbocycles. The molecule has 3 rings (SSSR count). The van der Waals surface area contributed by atoms with Gasteiger partial charge in [-0.2, -0.15) is 0 Å². The van der Waals surface area contributed by atoms with Crippen molar-refractivity contribution in [2.24, 2.45) is 17.3 Å². The molecule has 4 unspecified atom stereocenters.